The Balaban J connectivity index is 1.97. The second-order valence-electron chi connectivity index (χ2n) is 7.12. The molecule has 160 valence electrons. The van der Waals surface area contributed by atoms with Gasteiger partial charge in [0.25, 0.3) is 5.91 Å². The standard InChI is InChI=1S/C22H26BrN3O3S/c1-14(2)13-29-19-10-7-16(23)12-18(19)21(28)26-22(30)25-17-8-4-15(5-9-17)6-11-20(27)24-3/h4-5,7-10,12,14H,6,11,13H2,1-3H3,(H,24,27)(H2,25,26,28,30). The first-order valence-electron chi connectivity index (χ1n) is 9.62. The molecular weight excluding hydrogens is 466 g/mol. The van der Waals surface area contributed by atoms with E-state index in [1.54, 1.807) is 19.2 Å². The van der Waals surface area contributed by atoms with E-state index in [0.717, 1.165) is 15.7 Å². The molecule has 0 bridgehead atoms. The van der Waals surface area contributed by atoms with Crippen molar-refractivity contribution in [3.63, 3.8) is 0 Å². The quantitative estimate of drug-likeness (QED) is 0.480. The summed E-state index contributed by atoms with van der Waals surface area (Å²) in [5.74, 6) is 0.499. The maximum Gasteiger partial charge on any atom is 0.261 e. The van der Waals surface area contributed by atoms with E-state index < -0.39 is 0 Å². The third-order valence-electron chi connectivity index (χ3n) is 4.12. The minimum atomic E-state index is -0.352. The Morgan fingerprint density at radius 3 is 2.47 bits per heavy atom. The van der Waals surface area contributed by atoms with Gasteiger partial charge in [-0.2, -0.15) is 0 Å². The first-order valence-corrected chi connectivity index (χ1v) is 10.8. The zero-order valence-electron chi connectivity index (χ0n) is 17.3. The number of carbonyl (C=O) groups is 2. The van der Waals surface area contributed by atoms with E-state index in [2.05, 4.69) is 31.9 Å². The summed E-state index contributed by atoms with van der Waals surface area (Å²) < 4.78 is 6.54. The molecule has 0 aliphatic rings. The second kappa shape index (κ2) is 11.7. The molecule has 6 nitrogen and oxygen atoms in total. The van der Waals surface area contributed by atoms with Crippen molar-refractivity contribution in [2.24, 2.45) is 5.92 Å². The summed E-state index contributed by atoms with van der Waals surface area (Å²) in [6, 6.07) is 12.8. The van der Waals surface area contributed by atoms with Crippen LogP contribution in [-0.4, -0.2) is 30.6 Å². The van der Waals surface area contributed by atoms with E-state index in [4.69, 9.17) is 17.0 Å². The van der Waals surface area contributed by atoms with Crippen LogP contribution >= 0.6 is 28.1 Å². The molecule has 0 radical (unpaired) electrons. The second-order valence-corrected chi connectivity index (χ2v) is 8.45. The Morgan fingerprint density at radius 2 is 1.83 bits per heavy atom. The van der Waals surface area contributed by atoms with Gasteiger partial charge in [0, 0.05) is 23.6 Å². The van der Waals surface area contributed by atoms with Crippen LogP contribution in [0.1, 0.15) is 36.2 Å². The van der Waals surface area contributed by atoms with E-state index in [1.807, 2.05) is 44.2 Å². The Hall–Kier alpha value is -2.45. The highest BCUT2D eigenvalue weighted by molar-refractivity contribution is 9.10. The van der Waals surface area contributed by atoms with Crippen LogP contribution in [0.5, 0.6) is 5.75 Å². The first kappa shape index (κ1) is 23.8. The molecule has 2 aromatic carbocycles. The van der Waals surface area contributed by atoms with Gasteiger partial charge in [-0.25, -0.2) is 0 Å². The van der Waals surface area contributed by atoms with Crippen LogP contribution in [-0.2, 0) is 11.2 Å². The van der Waals surface area contributed by atoms with E-state index in [9.17, 15) is 9.59 Å². The van der Waals surface area contributed by atoms with Gasteiger partial charge in [0.2, 0.25) is 5.91 Å². The zero-order chi connectivity index (χ0) is 22.1. The maximum atomic E-state index is 12.7. The lowest BCUT2D eigenvalue weighted by Crippen LogP contribution is -2.34. The topological polar surface area (TPSA) is 79.5 Å². The van der Waals surface area contributed by atoms with Crippen LogP contribution < -0.4 is 20.7 Å². The van der Waals surface area contributed by atoms with E-state index in [-0.39, 0.29) is 16.9 Å². The molecule has 0 fully saturated rings. The van der Waals surface area contributed by atoms with E-state index in [0.29, 0.717) is 36.7 Å². The molecule has 2 aromatic rings. The average molecular weight is 492 g/mol. The summed E-state index contributed by atoms with van der Waals surface area (Å²) in [5.41, 5.74) is 2.19. The number of carbonyl (C=O) groups excluding carboxylic acids is 2. The van der Waals surface area contributed by atoms with E-state index >= 15 is 0 Å². The number of hydrogen-bond donors (Lipinski definition) is 3. The lowest BCUT2D eigenvalue weighted by molar-refractivity contribution is -0.120. The molecule has 0 saturated carbocycles. The number of amides is 2. The molecule has 0 atom stereocenters. The number of hydrogen-bond acceptors (Lipinski definition) is 4. The summed E-state index contributed by atoms with van der Waals surface area (Å²) in [5, 5.41) is 8.48. The van der Waals surface area contributed by atoms with Gasteiger partial charge in [-0.3, -0.25) is 14.9 Å². The molecule has 0 aliphatic heterocycles. The smallest absolute Gasteiger partial charge is 0.261 e. The lowest BCUT2D eigenvalue weighted by Gasteiger charge is -2.14. The molecule has 2 amide bonds. The highest BCUT2D eigenvalue weighted by Gasteiger charge is 2.15. The molecule has 0 aliphatic carbocycles. The summed E-state index contributed by atoms with van der Waals surface area (Å²) >= 11 is 8.67. The van der Waals surface area contributed by atoms with Crippen molar-refractivity contribution >= 4 is 50.8 Å². The molecule has 0 saturated heterocycles. The van der Waals surface area contributed by atoms with Crippen LogP contribution in [0, 0.1) is 5.92 Å². The molecule has 8 heteroatoms. The fourth-order valence-electron chi connectivity index (χ4n) is 2.53. The minimum absolute atomic E-state index is 0.00498. The first-order chi connectivity index (χ1) is 14.3. The molecule has 0 unspecified atom stereocenters. The Labute approximate surface area is 190 Å². The molecule has 2 rings (SSSR count). The average Bonchev–Trinajstić information content (AvgIpc) is 2.71. The predicted molar refractivity (Wildman–Crippen MR) is 127 cm³/mol. The van der Waals surface area contributed by atoms with Gasteiger partial charge in [0.1, 0.15) is 5.75 Å². The Kier molecular flexibility index (Phi) is 9.26. The predicted octanol–water partition coefficient (Wildman–Crippen LogP) is 4.29. The van der Waals surface area contributed by atoms with Gasteiger partial charge >= 0.3 is 0 Å². The lowest BCUT2D eigenvalue weighted by atomic mass is 10.1. The fraction of sp³-hybridized carbons (Fsp3) is 0.318. The normalized spacial score (nSPS) is 10.4. The number of aryl methyl sites for hydroxylation is 1. The molecule has 30 heavy (non-hydrogen) atoms. The monoisotopic (exact) mass is 491 g/mol. The van der Waals surface area contributed by atoms with Crippen molar-refractivity contribution < 1.29 is 14.3 Å². The van der Waals surface area contributed by atoms with Gasteiger partial charge < -0.3 is 15.4 Å². The fourth-order valence-corrected chi connectivity index (χ4v) is 3.10. The summed E-state index contributed by atoms with van der Waals surface area (Å²) in [7, 11) is 1.62. The van der Waals surface area contributed by atoms with Crippen LogP contribution in [0.4, 0.5) is 5.69 Å². The number of nitrogens with one attached hydrogen (secondary N) is 3. The van der Waals surface area contributed by atoms with Crippen molar-refractivity contribution in [2.75, 3.05) is 19.0 Å². The van der Waals surface area contributed by atoms with Crippen LogP contribution in [0.25, 0.3) is 0 Å². The van der Waals surface area contributed by atoms with Crippen LogP contribution in [0.3, 0.4) is 0 Å². The Morgan fingerprint density at radius 1 is 1.13 bits per heavy atom. The zero-order valence-corrected chi connectivity index (χ0v) is 19.7. The summed E-state index contributed by atoms with van der Waals surface area (Å²) in [4.78, 5) is 24.1. The van der Waals surface area contributed by atoms with Crippen molar-refractivity contribution in [3.8, 4) is 5.75 Å². The minimum Gasteiger partial charge on any atom is -0.492 e. The van der Waals surface area contributed by atoms with Crippen molar-refractivity contribution in [1.82, 2.24) is 10.6 Å². The number of benzene rings is 2. The third-order valence-corrected chi connectivity index (χ3v) is 4.81. The maximum absolute atomic E-state index is 12.7. The molecule has 3 N–H and O–H groups in total. The number of ether oxygens (including phenoxy) is 1. The Bertz CT molecular complexity index is 901. The van der Waals surface area contributed by atoms with Crippen molar-refractivity contribution in [1.29, 1.82) is 0 Å². The summed E-state index contributed by atoms with van der Waals surface area (Å²) in [6.07, 6.45) is 1.09. The van der Waals surface area contributed by atoms with Gasteiger partial charge in [-0.15, -0.1) is 0 Å². The summed E-state index contributed by atoms with van der Waals surface area (Å²) in [6.45, 7) is 4.60. The number of halogens is 1. The molecular formula is C22H26BrN3O3S. The third kappa shape index (κ3) is 7.76. The van der Waals surface area contributed by atoms with Crippen LogP contribution in [0.15, 0.2) is 46.9 Å². The van der Waals surface area contributed by atoms with Gasteiger partial charge in [-0.1, -0.05) is 41.9 Å². The number of rotatable bonds is 8. The van der Waals surface area contributed by atoms with Crippen LogP contribution in [0.2, 0.25) is 0 Å². The van der Waals surface area contributed by atoms with Gasteiger partial charge in [0.05, 0.1) is 12.2 Å². The van der Waals surface area contributed by atoms with Gasteiger partial charge in [0.15, 0.2) is 5.11 Å². The number of thiocarbonyl (C=S) groups is 1. The van der Waals surface area contributed by atoms with E-state index in [1.165, 1.54) is 0 Å². The SMILES string of the molecule is CNC(=O)CCc1ccc(NC(=S)NC(=O)c2cc(Br)ccc2OCC(C)C)cc1. The number of anilines is 1. The van der Waals surface area contributed by atoms with Crippen molar-refractivity contribution in [3.05, 3.63) is 58.1 Å². The highest BCUT2D eigenvalue weighted by Crippen LogP contribution is 2.24. The van der Waals surface area contributed by atoms with Gasteiger partial charge in [-0.05, 0) is 60.5 Å². The molecule has 0 spiro atoms. The molecule has 0 aromatic heterocycles. The molecule has 0 heterocycles. The largest absolute Gasteiger partial charge is 0.492 e. The highest BCUT2D eigenvalue weighted by atomic mass is 79.9. The van der Waals surface area contributed by atoms with Crippen molar-refractivity contribution in [2.45, 2.75) is 26.7 Å².